The Labute approximate surface area is 190 Å². The number of ether oxygens (including phenoxy) is 3. The van der Waals surface area contributed by atoms with Gasteiger partial charge < -0.3 is 23.9 Å². The minimum Gasteiger partial charge on any atom is -0.493 e. The molecule has 0 bridgehead atoms. The highest BCUT2D eigenvalue weighted by Crippen LogP contribution is 2.28. The number of rotatable bonds is 8. The van der Waals surface area contributed by atoms with Crippen LogP contribution in [0.2, 0.25) is 0 Å². The number of carbonyl (C=O) groups is 2. The molecular formula is C25H25NO7. The highest BCUT2D eigenvalue weighted by atomic mass is 16.5. The molecule has 1 N–H and O–H groups in total. The van der Waals surface area contributed by atoms with Gasteiger partial charge in [0.15, 0.2) is 11.5 Å². The molecule has 0 aliphatic rings. The molecule has 33 heavy (non-hydrogen) atoms. The Kier molecular flexibility index (Phi) is 7.50. The molecule has 0 saturated heterocycles. The number of carbonyl (C=O) groups excluding carboxylic acids is 2. The molecule has 0 saturated carbocycles. The molecule has 0 spiro atoms. The molecule has 1 amide bonds. The van der Waals surface area contributed by atoms with Crippen LogP contribution in [0.15, 0.2) is 57.8 Å². The Balaban J connectivity index is 1.75. The molecule has 172 valence electrons. The van der Waals surface area contributed by atoms with Crippen LogP contribution in [-0.4, -0.2) is 32.1 Å². The van der Waals surface area contributed by atoms with E-state index in [0.29, 0.717) is 16.9 Å². The number of amides is 1. The second-order valence-electron chi connectivity index (χ2n) is 7.30. The third-order valence-corrected chi connectivity index (χ3v) is 4.98. The van der Waals surface area contributed by atoms with Gasteiger partial charge in [-0.05, 0) is 55.3 Å². The molecule has 1 unspecified atom stereocenters. The molecule has 0 fully saturated rings. The van der Waals surface area contributed by atoms with E-state index in [1.54, 1.807) is 43.5 Å². The molecule has 0 aliphatic carbocycles. The predicted octanol–water partition coefficient (Wildman–Crippen LogP) is 3.96. The first-order valence-electron chi connectivity index (χ1n) is 10.3. The van der Waals surface area contributed by atoms with Gasteiger partial charge in [0.2, 0.25) is 0 Å². The van der Waals surface area contributed by atoms with Crippen LogP contribution >= 0.6 is 0 Å². The van der Waals surface area contributed by atoms with Crippen molar-refractivity contribution in [2.45, 2.75) is 26.3 Å². The number of hydrogen-bond donors (Lipinski definition) is 1. The smallest absolute Gasteiger partial charge is 0.349 e. The molecule has 0 radical (unpaired) electrons. The summed E-state index contributed by atoms with van der Waals surface area (Å²) in [5.74, 6) is 0.210. The Bertz CT molecular complexity index is 1260. The minimum absolute atomic E-state index is 0.0681. The Hall–Kier alpha value is -4.07. The van der Waals surface area contributed by atoms with Crippen LogP contribution < -0.4 is 25.2 Å². The van der Waals surface area contributed by atoms with Crippen LogP contribution in [0, 0.1) is 0 Å². The second-order valence-corrected chi connectivity index (χ2v) is 7.30. The average molecular weight is 451 g/mol. The highest BCUT2D eigenvalue weighted by molar-refractivity contribution is 5.97. The van der Waals surface area contributed by atoms with Crippen LogP contribution in [0.4, 0.5) is 0 Å². The van der Waals surface area contributed by atoms with Crippen LogP contribution in [0.25, 0.3) is 17.0 Å². The van der Waals surface area contributed by atoms with Gasteiger partial charge in [-0.15, -0.1) is 0 Å². The van der Waals surface area contributed by atoms with Gasteiger partial charge in [-0.1, -0.05) is 13.0 Å². The summed E-state index contributed by atoms with van der Waals surface area (Å²) in [5, 5.41) is 3.27. The predicted molar refractivity (Wildman–Crippen MR) is 124 cm³/mol. The Morgan fingerprint density at radius 3 is 2.52 bits per heavy atom. The van der Waals surface area contributed by atoms with Crippen molar-refractivity contribution in [1.29, 1.82) is 0 Å². The van der Waals surface area contributed by atoms with Gasteiger partial charge in [0.25, 0.3) is 5.91 Å². The van der Waals surface area contributed by atoms with Crippen molar-refractivity contribution in [3.63, 3.8) is 0 Å². The average Bonchev–Trinajstić information content (AvgIpc) is 2.81. The summed E-state index contributed by atoms with van der Waals surface area (Å²) in [6.07, 6.45) is 3.58. The van der Waals surface area contributed by atoms with E-state index in [-0.39, 0.29) is 22.9 Å². The number of methoxy groups -OCH3 is 2. The van der Waals surface area contributed by atoms with Gasteiger partial charge in [0.05, 0.1) is 14.2 Å². The molecule has 3 aromatic rings. The zero-order valence-electron chi connectivity index (χ0n) is 18.8. The van der Waals surface area contributed by atoms with Gasteiger partial charge in [-0.2, -0.15) is 0 Å². The van der Waals surface area contributed by atoms with E-state index in [1.165, 1.54) is 25.3 Å². The van der Waals surface area contributed by atoms with Crippen molar-refractivity contribution in [3.8, 4) is 17.2 Å². The fourth-order valence-electron chi connectivity index (χ4n) is 2.99. The van der Waals surface area contributed by atoms with Gasteiger partial charge in [0.1, 0.15) is 16.9 Å². The lowest BCUT2D eigenvalue weighted by Crippen LogP contribution is -2.34. The SMILES string of the molecule is CCC(C)NC(=O)c1cc2ccc(OC(=O)/C=C/c3ccc(OC)c(OC)c3)cc2oc1=O. The summed E-state index contributed by atoms with van der Waals surface area (Å²) >= 11 is 0. The lowest BCUT2D eigenvalue weighted by atomic mass is 10.1. The third-order valence-electron chi connectivity index (χ3n) is 4.98. The van der Waals surface area contributed by atoms with E-state index in [4.69, 9.17) is 18.6 Å². The minimum atomic E-state index is -0.764. The zero-order chi connectivity index (χ0) is 24.0. The second kappa shape index (κ2) is 10.5. The van der Waals surface area contributed by atoms with Crippen LogP contribution in [0.5, 0.6) is 17.2 Å². The van der Waals surface area contributed by atoms with Crippen molar-refractivity contribution in [2.24, 2.45) is 0 Å². The van der Waals surface area contributed by atoms with Gasteiger partial charge in [0, 0.05) is 23.6 Å². The first-order chi connectivity index (χ1) is 15.8. The van der Waals surface area contributed by atoms with Crippen LogP contribution in [0.1, 0.15) is 36.2 Å². The fourth-order valence-corrected chi connectivity index (χ4v) is 2.99. The largest absolute Gasteiger partial charge is 0.493 e. The van der Waals surface area contributed by atoms with E-state index in [9.17, 15) is 14.4 Å². The van der Waals surface area contributed by atoms with Crippen molar-refractivity contribution >= 4 is 28.9 Å². The normalized spacial score (nSPS) is 11.9. The van der Waals surface area contributed by atoms with Crippen LogP contribution in [0.3, 0.4) is 0 Å². The molecular weight excluding hydrogens is 426 g/mol. The maximum atomic E-state index is 12.3. The first kappa shape index (κ1) is 23.6. The van der Waals surface area contributed by atoms with Crippen molar-refractivity contribution in [2.75, 3.05) is 14.2 Å². The Morgan fingerprint density at radius 1 is 1.06 bits per heavy atom. The molecule has 1 aromatic heterocycles. The summed E-state index contributed by atoms with van der Waals surface area (Å²) in [6.45, 7) is 3.78. The third kappa shape index (κ3) is 5.79. The summed E-state index contributed by atoms with van der Waals surface area (Å²) in [5.41, 5.74) is 0.0806. The molecule has 8 heteroatoms. The van der Waals surface area contributed by atoms with Gasteiger partial charge in [-0.3, -0.25) is 4.79 Å². The van der Waals surface area contributed by atoms with Crippen LogP contribution in [-0.2, 0) is 4.79 Å². The lowest BCUT2D eigenvalue weighted by Gasteiger charge is -2.11. The number of hydrogen-bond acceptors (Lipinski definition) is 7. The number of benzene rings is 2. The number of fused-ring (bicyclic) bond motifs is 1. The maximum Gasteiger partial charge on any atom is 0.349 e. The number of nitrogens with one attached hydrogen (secondary N) is 1. The zero-order valence-corrected chi connectivity index (χ0v) is 18.8. The molecule has 1 heterocycles. The fraction of sp³-hybridized carbons (Fsp3) is 0.240. The van der Waals surface area contributed by atoms with E-state index in [2.05, 4.69) is 5.32 Å². The molecule has 8 nitrogen and oxygen atoms in total. The maximum absolute atomic E-state index is 12.3. The van der Waals surface area contributed by atoms with Crippen molar-refractivity contribution in [1.82, 2.24) is 5.32 Å². The Morgan fingerprint density at radius 2 is 1.82 bits per heavy atom. The topological polar surface area (TPSA) is 104 Å². The van der Waals surface area contributed by atoms with E-state index in [0.717, 1.165) is 12.0 Å². The summed E-state index contributed by atoms with van der Waals surface area (Å²) in [4.78, 5) is 36.8. The number of esters is 1. The van der Waals surface area contributed by atoms with Gasteiger partial charge in [-0.25, -0.2) is 9.59 Å². The quantitative estimate of drug-likeness (QED) is 0.239. The lowest BCUT2D eigenvalue weighted by molar-refractivity contribution is -0.128. The standard InChI is InChI=1S/C25H25NO7/c1-5-15(2)26-24(28)19-13-17-8-9-18(14-21(17)33-25(19)29)32-23(27)11-7-16-6-10-20(30-3)22(12-16)31-4/h6-15H,5H2,1-4H3,(H,26,28)/b11-7+. The van der Waals surface area contributed by atoms with E-state index >= 15 is 0 Å². The molecule has 1 atom stereocenters. The van der Waals surface area contributed by atoms with Crippen molar-refractivity contribution < 1.29 is 28.2 Å². The van der Waals surface area contributed by atoms with Crippen molar-refractivity contribution in [3.05, 3.63) is 70.1 Å². The first-order valence-corrected chi connectivity index (χ1v) is 10.3. The molecule has 2 aromatic carbocycles. The summed E-state index contributed by atoms with van der Waals surface area (Å²) in [7, 11) is 3.07. The monoisotopic (exact) mass is 451 g/mol. The van der Waals surface area contributed by atoms with E-state index < -0.39 is 17.5 Å². The molecule has 3 rings (SSSR count). The summed E-state index contributed by atoms with van der Waals surface area (Å²) < 4.78 is 21.0. The van der Waals surface area contributed by atoms with E-state index in [1.807, 2.05) is 13.8 Å². The highest BCUT2D eigenvalue weighted by Gasteiger charge is 2.16. The summed E-state index contributed by atoms with van der Waals surface area (Å²) in [6, 6.07) is 11.2. The van der Waals surface area contributed by atoms with Gasteiger partial charge >= 0.3 is 11.6 Å². The molecule has 0 aliphatic heterocycles.